The van der Waals surface area contributed by atoms with Crippen LogP contribution in [0, 0.1) is 0 Å². The Morgan fingerprint density at radius 2 is 2.04 bits per heavy atom. The van der Waals surface area contributed by atoms with E-state index in [9.17, 15) is 4.79 Å². The van der Waals surface area contributed by atoms with Crippen LogP contribution in [0.1, 0.15) is 38.3 Å². The van der Waals surface area contributed by atoms with E-state index in [0.717, 1.165) is 37.3 Å². The smallest absolute Gasteiger partial charge is 0.241 e. The third-order valence-electron chi connectivity index (χ3n) is 4.73. The maximum Gasteiger partial charge on any atom is 0.241 e. The quantitative estimate of drug-likeness (QED) is 0.762. The number of rotatable bonds is 8. The van der Waals surface area contributed by atoms with E-state index >= 15 is 0 Å². The first-order chi connectivity index (χ1) is 12.8. The molecule has 5 nitrogen and oxygen atoms in total. The van der Waals surface area contributed by atoms with Gasteiger partial charge in [0.05, 0.1) is 11.7 Å². The molecule has 5 heteroatoms. The predicted molar refractivity (Wildman–Crippen MR) is 106 cm³/mol. The highest BCUT2D eigenvalue weighted by molar-refractivity contribution is 5.95. The van der Waals surface area contributed by atoms with Gasteiger partial charge in [-0.2, -0.15) is 0 Å². The summed E-state index contributed by atoms with van der Waals surface area (Å²) in [4.78, 5) is 19.4. The number of benzene rings is 1. The predicted octanol–water partition coefficient (Wildman–Crippen LogP) is 3.58. The molecule has 2 N–H and O–H groups in total. The highest BCUT2D eigenvalue weighted by Gasteiger charge is 2.18. The van der Waals surface area contributed by atoms with Crippen molar-refractivity contribution < 1.29 is 4.79 Å². The molecule has 26 heavy (non-hydrogen) atoms. The van der Waals surface area contributed by atoms with Crippen molar-refractivity contribution in [3.8, 4) is 0 Å². The van der Waals surface area contributed by atoms with Gasteiger partial charge in [-0.3, -0.25) is 9.78 Å². The molecule has 0 spiro atoms. The summed E-state index contributed by atoms with van der Waals surface area (Å²) in [5, 5.41) is 6.42. The Morgan fingerprint density at radius 3 is 2.77 bits per heavy atom. The van der Waals surface area contributed by atoms with Gasteiger partial charge in [-0.15, -0.1) is 0 Å². The third-order valence-corrected chi connectivity index (χ3v) is 4.73. The third kappa shape index (κ3) is 5.05. The Labute approximate surface area is 155 Å². The molecule has 2 heterocycles. The Bertz CT molecular complexity index is 698. The SMILES string of the molecule is CCCC(NCc1ccccn1)C(=O)Nc1cccc(N2CCCC2)c1. The summed E-state index contributed by atoms with van der Waals surface area (Å²) in [5.74, 6) is 0.0151. The minimum absolute atomic E-state index is 0.0151. The summed E-state index contributed by atoms with van der Waals surface area (Å²) in [5.41, 5.74) is 2.99. The lowest BCUT2D eigenvalue weighted by atomic mass is 10.1. The van der Waals surface area contributed by atoms with Crippen molar-refractivity contribution in [2.75, 3.05) is 23.3 Å². The monoisotopic (exact) mass is 352 g/mol. The van der Waals surface area contributed by atoms with Gasteiger partial charge in [0.15, 0.2) is 0 Å². The molecule has 1 amide bonds. The van der Waals surface area contributed by atoms with Gasteiger partial charge in [-0.05, 0) is 49.6 Å². The molecule has 0 aliphatic carbocycles. The largest absolute Gasteiger partial charge is 0.371 e. The summed E-state index contributed by atoms with van der Waals surface area (Å²) < 4.78 is 0. The van der Waals surface area contributed by atoms with Crippen molar-refractivity contribution in [1.29, 1.82) is 0 Å². The number of hydrogen-bond donors (Lipinski definition) is 2. The van der Waals surface area contributed by atoms with E-state index in [0.29, 0.717) is 6.54 Å². The molecule has 1 atom stereocenters. The topological polar surface area (TPSA) is 57.3 Å². The van der Waals surface area contributed by atoms with Crippen molar-refractivity contribution in [2.45, 2.75) is 45.2 Å². The van der Waals surface area contributed by atoms with Gasteiger partial charge in [0.2, 0.25) is 5.91 Å². The minimum Gasteiger partial charge on any atom is -0.371 e. The van der Waals surface area contributed by atoms with Crippen molar-refractivity contribution in [3.63, 3.8) is 0 Å². The van der Waals surface area contributed by atoms with Gasteiger partial charge in [0, 0.05) is 37.2 Å². The number of hydrogen-bond acceptors (Lipinski definition) is 4. The average molecular weight is 352 g/mol. The van der Waals surface area contributed by atoms with Gasteiger partial charge in [-0.25, -0.2) is 0 Å². The normalized spacial score (nSPS) is 15.0. The molecule has 1 aromatic heterocycles. The lowest BCUT2D eigenvalue weighted by Crippen LogP contribution is -2.40. The zero-order valence-electron chi connectivity index (χ0n) is 15.4. The van der Waals surface area contributed by atoms with Crippen LogP contribution >= 0.6 is 0 Å². The van der Waals surface area contributed by atoms with E-state index < -0.39 is 0 Å². The second-order valence-corrected chi connectivity index (χ2v) is 6.78. The Morgan fingerprint density at radius 1 is 1.19 bits per heavy atom. The van der Waals surface area contributed by atoms with Gasteiger partial charge in [0.25, 0.3) is 0 Å². The van der Waals surface area contributed by atoms with E-state index in [2.05, 4.69) is 39.6 Å². The Kier molecular flexibility index (Phi) is 6.61. The molecule has 0 saturated carbocycles. The molecule has 1 aliphatic rings. The molecule has 0 radical (unpaired) electrons. The number of anilines is 2. The number of nitrogens with one attached hydrogen (secondary N) is 2. The van der Waals surface area contributed by atoms with Crippen molar-refractivity contribution in [1.82, 2.24) is 10.3 Å². The van der Waals surface area contributed by atoms with Crippen LogP contribution in [0.4, 0.5) is 11.4 Å². The molecule has 1 aliphatic heterocycles. The summed E-state index contributed by atoms with van der Waals surface area (Å²) in [6.07, 6.45) is 6.00. The summed E-state index contributed by atoms with van der Waals surface area (Å²) in [6, 6.07) is 13.8. The molecular formula is C21H28N4O. The second kappa shape index (κ2) is 9.34. The van der Waals surface area contributed by atoms with Crippen molar-refractivity contribution in [3.05, 3.63) is 54.4 Å². The molecule has 1 unspecified atom stereocenters. The second-order valence-electron chi connectivity index (χ2n) is 6.78. The first kappa shape index (κ1) is 18.4. The molecule has 1 fully saturated rings. The van der Waals surface area contributed by atoms with Crippen LogP contribution in [0.2, 0.25) is 0 Å². The number of amides is 1. The van der Waals surface area contributed by atoms with Gasteiger partial charge in [0.1, 0.15) is 0 Å². The van der Waals surface area contributed by atoms with Gasteiger partial charge in [-0.1, -0.05) is 25.5 Å². The van der Waals surface area contributed by atoms with E-state index in [1.165, 1.54) is 18.5 Å². The van der Waals surface area contributed by atoms with Gasteiger partial charge >= 0.3 is 0 Å². The molecule has 3 rings (SSSR count). The van der Waals surface area contributed by atoms with E-state index in [-0.39, 0.29) is 11.9 Å². The summed E-state index contributed by atoms with van der Waals surface area (Å²) >= 11 is 0. The molecule has 138 valence electrons. The molecule has 1 aromatic carbocycles. The van der Waals surface area contributed by atoms with Crippen LogP contribution < -0.4 is 15.5 Å². The van der Waals surface area contributed by atoms with Crippen LogP contribution in [0.15, 0.2) is 48.7 Å². The van der Waals surface area contributed by atoms with Crippen molar-refractivity contribution in [2.24, 2.45) is 0 Å². The van der Waals surface area contributed by atoms with E-state index in [1.807, 2.05) is 30.3 Å². The number of pyridine rings is 1. The molecule has 2 aromatic rings. The zero-order valence-corrected chi connectivity index (χ0v) is 15.4. The number of carbonyl (C=O) groups excluding carboxylic acids is 1. The lowest BCUT2D eigenvalue weighted by molar-refractivity contribution is -0.118. The van der Waals surface area contributed by atoms with Crippen molar-refractivity contribution >= 4 is 17.3 Å². The Balaban J connectivity index is 1.61. The fraction of sp³-hybridized carbons (Fsp3) is 0.429. The van der Waals surface area contributed by atoms with Crippen LogP contribution in [-0.2, 0) is 11.3 Å². The minimum atomic E-state index is -0.225. The standard InChI is InChI=1S/C21H28N4O/c1-2-8-20(23-16-18-9-3-4-12-22-18)21(26)24-17-10-7-11-19(15-17)25-13-5-6-14-25/h3-4,7,9-12,15,20,23H,2,5-6,8,13-14,16H2,1H3,(H,24,26). The van der Waals surface area contributed by atoms with Crippen LogP contribution in [0.25, 0.3) is 0 Å². The average Bonchev–Trinajstić information content (AvgIpc) is 3.21. The lowest BCUT2D eigenvalue weighted by Gasteiger charge is -2.20. The maximum absolute atomic E-state index is 12.7. The van der Waals surface area contributed by atoms with E-state index in [1.54, 1.807) is 6.20 Å². The zero-order chi connectivity index (χ0) is 18.2. The number of carbonyl (C=O) groups is 1. The molecular weight excluding hydrogens is 324 g/mol. The van der Waals surface area contributed by atoms with E-state index in [4.69, 9.17) is 0 Å². The number of nitrogens with zero attached hydrogens (tertiary/aromatic N) is 2. The highest BCUT2D eigenvalue weighted by Crippen LogP contribution is 2.23. The molecule has 0 bridgehead atoms. The highest BCUT2D eigenvalue weighted by atomic mass is 16.2. The first-order valence-electron chi connectivity index (χ1n) is 9.55. The van der Waals surface area contributed by atoms with Gasteiger partial charge < -0.3 is 15.5 Å². The van der Waals surface area contributed by atoms with Crippen LogP contribution in [0.3, 0.4) is 0 Å². The Hall–Kier alpha value is -2.40. The first-order valence-corrected chi connectivity index (χ1v) is 9.55. The summed E-state index contributed by atoms with van der Waals surface area (Å²) in [7, 11) is 0. The summed E-state index contributed by atoms with van der Waals surface area (Å²) in [6.45, 7) is 4.88. The van der Waals surface area contributed by atoms with Crippen LogP contribution in [-0.4, -0.2) is 30.0 Å². The number of aromatic nitrogens is 1. The fourth-order valence-corrected chi connectivity index (χ4v) is 3.33. The molecule has 1 saturated heterocycles. The maximum atomic E-state index is 12.7. The van der Waals surface area contributed by atoms with Crippen LogP contribution in [0.5, 0.6) is 0 Å². The fourth-order valence-electron chi connectivity index (χ4n) is 3.33.